The molecule has 0 saturated carbocycles. The standard InChI is InChI=1S/C13H24O13/c14-1-4-6(17)8(19)11(22)13(26-4)25-2-3(15)5(16)7(18)9(20)10(21)12(23)24/h3-11,13-22H,1-2H2,(H,23,24). The summed E-state index contributed by atoms with van der Waals surface area (Å²) in [5, 5.41) is 94.0. The van der Waals surface area contributed by atoms with E-state index in [4.69, 9.17) is 24.8 Å². The molecule has 0 aromatic heterocycles. The van der Waals surface area contributed by atoms with Crippen LogP contribution in [0.1, 0.15) is 0 Å². The molecule has 1 saturated heterocycles. The van der Waals surface area contributed by atoms with E-state index in [-0.39, 0.29) is 0 Å². The van der Waals surface area contributed by atoms with E-state index in [0.717, 1.165) is 0 Å². The number of rotatable bonds is 9. The summed E-state index contributed by atoms with van der Waals surface area (Å²) in [7, 11) is 0. The fourth-order valence-corrected chi connectivity index (χ4v) is 2.26. The lowest BCUT2D eigenvalue weighted by Crippen LogP contribution is -2.59. The van der Waals surface area contributed by atoms with Crippen molar-refractivity contribution < 1.29 is 65.3 Å². The molecule has 1 aliphatic heterocycles. The lowest BCUT2D eigenvalue weighted by Gasteiger charge is -2.40. The highest BCUT2D eigenvalue weighted by Gasteiger charge is 2.44. The number of aliphatic carboxylic acids is 1. The first-order valence-corrected chi connectivity index (χ1v) is 7.58. The Morgan fingerprint density at radius 2 is 1.50 bits per heavy atom. The molecular weight excluding hydrogens is 364 g/mol. The van der Waals surface area contributed by atoms with Gasteiger partial charge in [-0.3, -0.25) is 0 Å². The van der Waals surface area contributed by atoms with E-state index >= 15 is 0 Å². The fraction of sp³-hybridized carbons (Fsp3) is 0.923. The minimum absolute atomic E-state index is 0.714. The van der Waals surface area contributed by atoms with Gasteiger partial charge in [0.2, 0.25) is 0 Å². The largest absolute Gasteiger partial charge is 0.479 e. The van der Waals surface area contributed by atoms with Gasteiger partial charge in [-0.25, -0.2) is 4.79 Å². The second-order valence-electron chi connectivity index (χ2n) is 5.85. The Labute approximate surface area is 146 Å². The molecule has 154 valence electrons. The summed E-state index contributed by atoms with van der Waals surface area (Å²) in [6, 6.07) is 0. The lowest BCUT2D eigenvalue weighted by atomic mass is 9.98. The predicted octanol–water partition coefficient (Wildman–Crippen LogP) is -6.31. The average Bonchev–Trinajstić information content (AvgIpc) is 2.62. The monoisotopic (exact) mass is 388 g/mol. The SMILES string of the molecule is O=C(O)C(O)C(O)C(O)C(O)C(O)COC1OC(CO)C(O)C(O)C1O. The highest BCUT2D eigenvalue weighted by atomic mass is 16.7. The quantitative estimate of drug-likeness (QED) is 0.177. The zero-order valence-electron chi connectivity index (χ0n) is 13.4. The predicted molar refractivity (Wildman–Crippen MR) is 77.4 cm³/mol. The summed E-state index contributed by atoms with van der Waals surface area (Å²) in [6.45, 7) is -1.54. The number of ether oxygens (including phenoxy) is 2. The van der Waals surface area contributed by atoms with Crippen molar-refractivity contribution in [2.75, 3.05) is 13.2 Å². The number of hydrogen-bond acceptors (Lipinski definition) is 12. The van der Waals surface area contributed by atoms with E-state index in [2.05, 4.69) is 0 Å². The number of carboxylic acids is 1. The molecule has 1 heterocycles. The third-order valence-corrected chi connectivity index (χ3v) is 3.95. The molecule has 13 heteroatoms. The fourth-order valence-electron chi connectivity index (χ4n) is 2.26. The van der Waals surface area contributed by atoms with Crippen molar-refractivity contribution in [3.8, 4) is 0 Å². The molecule has 1 fully saturated rings. The molecule has 1 rings (SSSR count). The number of aliphatic hydroxyl groups excluding tert-OH is 9. The highest BCUT2D eigenvalue weighted by Crippen LogP contribution is 2.22. The lowest BCUT2D eigenvalue weighted by molar-refractivity contribution is -0.306. The molecule has 13 nitrogen and oxygen atoms in total. The van der Waals surface area contributed by atoms with Crippen LogP contribution in [-0.4, -0.2) is 131 Å². The van der Waals surface area contributed by atoms with E-state index in [1.54, 1.807) is 0 Å². The highest BCUT2D eigenvalue weighted by molar-refractivity contribution is 5.72. The molecule has 0 bridgehead atoms. The van der Waals surface area contributed by atoms with Gasteiger partial charge in [0.25, 0.3) is 0 Å². The van der Waals surface area contributed by atoms with Crippen molar-refractivity contribution in [3.63, 3.8) is 0 Å². The van der Waals surface area contributed by atoms with Crippen LogP contribution in [0.5, 0.6) is 0 Å². The molecule has 0 aliphatic carbocycles. The van der Waals surface area contributed by atoms with Crippen LogP contribution in [0.2, 0.25) is 0 Å². The molecule has 0 aromatic carbocycles. The van der Waals surface area contributed by atoms with Crippen LogP contribution in [0, 0.1) is 0 Å². The van der Waals surface area contributed by atoms with E-state index in [1.165, 1.54) is 0 Å². The van der Waals surface area contributed by atoms with Gasteiger partial charge in [0.05, 0.1) is 13.2 Å². The van der Waals surface area contributed by atoms with Gasteiger partial charge in [0, 0.05) is 0 Å². The molecule has 10 N–H and O–H groups in total. The first kappa shape index (κ1) is 23.1. The van der Waals surface area contributed by atoms with Gasteiger partial charge in [-0.2, -0.15) is 0 Å². The number of carboxylic acid groups (broad SMARTS) is 1. The molecule has 1 aliphatic rings. The molecule has 0 aromatic rings. The van der Waals surface area contributed by atoms with Crippen molar-refractivity contribution >= 4 is 5.97 Å². The van der Waals surface area contributed by atoms with Crippen LogP contribution >= 0.6 is 0 Å². The molecular formula is C13H24O13. The first-order valence-electron chi connectivity index (χ1n) is 7.58. The van der Waals surface area contributed by atoms with Crippen molar-refractivity contribution in [1.29, 1.82) is 0 Å². The Bertz CT molecular complexity index is 446. The summed E-state index contributed by atoms with van der Waals surface area (Å²) in [5.41, 5.74) is 0. The Kier molecular flexibility index (Phi) is 8.71. The second kappa shape index (κ2) is 9.82. The Morgan fingerprint density at radius 3 is 2.00 bits per heavy atom. The number of carbonyl (C=O) groups is 1. The smallest absolute Gasteiger partial charge is 0.335 e. The van der Waals surface area contributed by atoms with Crippen molar-refractivity contribution in [1.82, 2.24) is 0 Å². The average molecular weight is 388 g/mol. The van der Waals surface area contributed by atoms with Crippen molar-refractivity contribution in [3.05, 3.63) is 0 Å². The van der Waals surface area contributed by atoms with Gasteiger partial charge in [0.15, 0.2) is 12.4 Å². The van der Waals surface area contributed by atoms with E-state index in [0.29, 0.717) is 0 Å². The van der Waals surface area contributed by atoms with Gasteiger partial charge >= 0.3 is 5.97 Å². The normalized spacial score (nSPS) is 35.3. The summed E-state index contributed by atoms with van der Waals surface area (Å²) >= 11 is 0. The molecule has 10 atom stereocenters. The molecule has 26 heavy (non-hydrogen) atoms. The maximum Gasteiger partial charge on any atom is 0.335 e. The maximum atomic E-state index is 10.5. The van der Waals surface area contributed by atoms with Crippen molar-refractivity contribution in [2.45, 2.75) is 61.2 Å². The first-order chi connectivity index (χ1) is 12.0. The Hall–Kier alpha value is -0.970. The summed E-state index contributed by atoms with van der Waals surface area (Å²) in [4.78, 5) is 10.5. The van der Waals surface area contributed by atoms with Crippen molar-refractivity contribution in [2.24, 2.45) is 0 Å². The molecule has 0 amide bonds. The zero-order valence-corrected chi connectivity index (χ0v) is 13.4. The van der Waals surface area contributed by atoms with Crippen LogP contribution in [0.15, 0.2) is 0 Å². The minimum atomic E-state index is -2.42. The third-order valence-electron chi connectivity index (χ3n) is 3.95. The molecule has 0 radical (unpaired) electrons. The van der Waals surface area contributed by atoms with E-state index in [1.807, 2.05) is 0 Å². The molecule has 0 spiro atoms. The Morgan fingerprint density at radius 1 is 0.923 bits per heavy atom. The van der Waals surface area contributed by atoms with Crippen LogP contribution in [0.3, 0.4) is 0 Å². The van der Waals surface area contributed by atoms with Gasteiger partial charge in [-0.1, -0.05) is 0 Å². The van der Waals surface area contributed by atoms with Gasteiger partial charge in [-0.15, -0.1) is 0 Å². The van der Waals surface area contributed by atoms with Gasteiger partial charge in [-0.05, 0) is 0 Å². The van der Waals surface area contributed by atoms with E-state index in [9.17, 15) is 40.5 Å². The van der Waals surface area contributed by atoms with Crippen LogP contribution < -0.4 is 0 Å². The maximum absolute atomic E-state index is 10.5. The number of hydrogen-bond donors (Lipinski definition) is 10. The Balaban J connectivity index is 2.61. The third kappa shape index (κ3) is 5.28. The summed E-state index contributed by atoms with van der Waals surface area (Å²) in [6.07, 6.45) is -19.1. The summed E-state index contributed by atoms with van der Waals surface area (Å²) in [5.74, 6) is -1.86. The topological polar surface area (TPSA) is 238 Å². The molecule has 10 unspecified atom stereocenters. The van der Waals surface area contributed by atoms with Crippen LogP contribution in [0.25, 0.3) is 0 Å². The van der Waals surface area contributed by atoms with Crippen LogP contribution in [0.4, 0.5) is 0 Å². The minimum Gasteiger partial charge on any atom is -0.479 e. The van der Waals surface area contributed by atoms with Crippen LogP contribution in [-0.2, 0) is 14.3 Å². The van der Waals surface area contributed by atoms with Gasteiger partial charge < -0.3 is 60.5 Å². The second-order valence-corrected chi connectivity index (χ2v) is 5.85. The zero-order chi connectivity index (χ0) is 20.2. The van der Waals surface area contributed by atoms with E-state index < -0.39 is 80.4 Å². The summed E-state index contributed by atoms with van der Waals surface area (Å²) < 4.78 is 9.91. The number of aliphatic hydroxyl groups is 9. The van der Waals surface area contributed by atoms with Gasteiger partial charge in [0.1, 0.15) is 48.8 Å².